The minimum atomic E-state index is -0.918. The molecule has 0 saturated carbocycles. The van der Waals surface area contributed by atoms with Crippen LogP contribution < -0.4 is 0 Å². The molecule has 2 aromatic rings. The fraction of sp³-hybridized carbons (Fsp3) is 0.273. The van der Waals surface area contributed by atoms with Crippen molar-refractivity contribution >= 4 is 46.1 Å². The predicted octanol–water partition coefficient (Wildman–Crippen LogP) is 6.32. The fourth-order valence-electron chi connectivity index (χ4n) is 4.06. The molecule has 0 bridgehead atoms. The van der Waals surface area contributed by atoms with Crippen LogP contribution in [0.3, 0.4) is 0 Å². The van der Waals surface area contributed by atoms with Crippen LogP contribution in [0.1, 0.15) is 37.9 Å². The lowest BCUT2D eigenvalue weighted by Crippen LogP contribution is -2.36. The normalized spacial score (nSPS) is 23.6. The van der Waals surface area contributed by atoms with E-state index >= 15 is 0 Å². The molecule has 7 heteroatoms. The molecule has 0 spiro atoms. The van der Waals surface area contributed by atoms with Crippen molar-refractivity contribution in [3.05, 3.63) is 80.3 Å². The van der Waals surface area contributed by atoms with Crippen LogP contribution in [0.5, 0.6) is 0 Å². The molecule has 4 rings (SSSR count). The summed E-state index contributed by atoms with van der Waals surface area (Å²) in [4.78, 5) is 19.4. The largest absolute Gasteiger partial charge is 0.477 e. The number of carbonyl (C=O) groups is 1. The maximum atomic E-state index is 11.9. The standard InChI is InChI=1S/C22H20Cl2N2O2S/c1-12(2)17-18(20(27)28)29-21-25-22(3,14-6-10-16(24)11-7-14)19(26(17)21)13-4-8-15(23)9-5-13/h4-12,19H,1-3H3,(H,27,28). The van der Waals surface area contributed by atoms with Crippen molar-refractivity contribution in [2.75, 3.05) is 0 Å². The van der Waals surface area contributed by atoms with Crippen LogP contribution in [0.2, 0.25) is 10.0 Å². The molecule has 4 nitrogen and oxygen atoms in total. The molecular formula is C22H20Cl2N2O2S. The van der Waals surface area contributed by atoms with Gasteiger partial charge in [0, 0.05) is 15.7 Å². The Morgan fingerprint density at radius 2 is 1.66 bits per heavy atom. The van der Waals surface area contributed by atoms with E-state index in [0.717, 1.165) is 16.8 Å². The molecule has 2 aromatic carbocycles. The first-order valence-corrected chi connectivity index (χ1v) is 10.9. The third-order valence-electron chi connectivity index (χ3n) is 5.37. The minimum absolute atomic E-state index is 0.0312. The van der Waals surface area contributed by atoms with Crippen molar-refractivity contribution in [1.29, 1.82) is 0 Å². The molecule has 2 atom stereocenters. The van der Waals surface area contributed by atoms with Gasteiger partial charge in [-0.3, -0.25) is 0 Å². The van der Waals surface area contributed by atoms with E-state index in [0.29, 0.717) is 20.1 Å². The first-order valence-electron chi connectivity index (χ1n) is 9.28. The van der Waals surface area contributed by atoms with Crippen LogP contribution in [-0.4, -0.2) is 21.1 Å². The van der Waals surface area contributed by atoms with Gasteiger partial charge in [-0.25, -0.2) is 9.79 Å². The zero-order valence-electron chi connectivity index (χ0n) is 16.2. The van der Waals surface area contributed by atoms with Gasteiger partial charge >= 0.3 is 5.97 Å². The summed E-state index contributed by atoms with van der Waals surface area (Å²) < 4.78 is 0. The van der Waals surface area contributed by atoms with E-state index in [9.17, 15) is 9.90 Å². The summed E-state index contributed by atoms with van der Waals surface area (Å²) in [6, 6.07) is 15.2. The number of hydrogen-bond acceptors (Lipinski definition) is 4. The van der Waals surface area contributed by atoms with E-state index < -0.39 is 11.5 Å². The number of aliphatic carboxylic acids is 1. The van der Waals surface area contributed by atoms with Crippen LogP contribution >= 0.6 is 35.0 Å². The van der Waals surface area contributed by atoms with Gasteiger partial charge in [-0.2, -0.15) is 0 Å². The Kier molecular flexibility index (Phi) is 5.18. The molecule has 2 aliphatic heterocycles. The number of thioether (sulfide) groups is 1. The number of rotatable bonds is 4. The van der Waals surface area contributed by atoms with Gasteiger partial charge in [0.1, 0.15) is 10.4 Å². The fourth-order valence-corrected chi connectivity index (χ4v) is 5.56. The van der Waals surface area contributed by atoms with Gasteiger partial charge in [-0.05, 0) is 60.0 Å². The summed E-state index contributed by atoms with van der Waals surface area (Å²) in [5.74, 6) is -0.887. The molecule has 0 saturated heterocycles. The van der Waals surface area contributed by atoms with E-state index in [2.05, 4.69) is 11.8 Å². The van der Waals surface area contributed by atoms with Crippen LogP contribution in [0.25, 0.3) is 0 Å². The second kappa shape index (κ2) is 7.38. The highest BCUT2D eigenvalue weighted by molar-refractivity contribution is 8.18. The third-order valence-corrected chi connectivity index (χ3v) is 6.93. The molecule has 2 aliphatic rings. The Balaban J connectivity index is 1.92. The number of carboxylic acids is 1. The zero-order chi connectivity index (χ0) is 20.9. The highest BCUT2D eigenvalue weighted by Gasteiger charge is 2.53. The summed E-state index contributed by atoms with van der Waals surface area (Å²) in [6.45, 7) is 6.11. The van der Waals surface area contributed by atoms with E-state index in [4.69, 9.17) is 28.2 Å². The molecule has 1 N–H and O–H groups in total. The lowest BCUT2D eigenvalue weighted by molar-refractivity contribution is -0.131. The number of carboxylic acid groups (broad SMARTS) is 1. The van der Waals surface area contributed by atoms with Crippen LogP contribution in [0.15, 0.2) is 64.1 Å². The topological polar surface area (TPSA) is 52.9 Å². The van der Waals surface area contributed by atoms with Gasteiger partial charge in [0.2, 0.25) is 0 Å². The van der Waals surface area contributed by atoms with Crippen LogP contribution in [0, 0.1) is 5.92 Å². The lowest BCUT2D eigenvalue weighted by atomic mass is 9.81. The summed E-state index contributed by atoms with van der Waals surface area (Å²) >= 11 is 13.5. The van der Waals surface area contributed by atoms with Gasteiger partial charge in [0.15, 0.2) is 5.17 Å². The maximum Gasteiger partial charge on any atom is 0.344 e. The Hall–Kier alpha value is -1.95. The van der Waals surface area contributed by atoms with Crippen molar-refractivity contribution in [3.63, 3.8) is 0 Å². The summed E-state index contributed by atoms with van der Waals surface area (Å²) in [7, 11) is 0. The molecule has 0 aliphatic carbocycles. The Morgan fingerprint density at radius 1 is 1.10 bits per heavy atom. The molecule has 0 amide bonds. The number of fused-ring (bicyclic) bond motifs is 1. The second-order valence-corrected chi connectivity index (χ2v) is 9.50. The quantitative estimate of drug-likeness (QED) is 0.596. The molecule has 0 radical (unpaired) electrons. The highest BCUT2D eigenvalue weighted by Crippen LogP contribution is 2.56. The number of aliphatic imine (C=N–C) groups is 1. The second-order valence-electron chi connectivity index (χ2n) is 7.65. The van der Waals surface area contributed by atoms with Crippen molar-refractivity contribution in [3.8, 4) is 0 Å². The number of amidine groups is 1. The van der Waals surface area contributed by atoms with Crippen molar-refractivity contribution < 1.29 is 9.90 Å². The van der Waals surface area contributed by atoms with Gasteiger partial charge in [0.05, 0.1) is 6.04 Å². The Bertz CT molecular complexity index is 1030. The van der Waals surface area contributed by atoms with E-state index in [1.165, 1.54) is 11.8 Å². The van der Waals surface area contributed by atoms with E-state index in [1.807, 2.05) is 62.4 Å². The molecule has 0 aromatic heterocycles. The minimum Gasteiger partial charge on any atom is -0.477 e. The maximum absolute atomic E-state index is 11.9. The molecule has 2 unspecified atom stereocenters. The number of benzene rings is 2. The SMILES string of the molecule is CC(C)C1=C(C(=O)O)SC2=NC(C)(c3ccc(Cl)cc3)C(c3ccc(Cl)cc3)N21. The van der Waals surface area contributed by atoms with E-state index in [-0.39, 0.29) is 12.0 Å². The molecule has 29 heavy (non-hydrogen) atoms. The van der Waals surface area contributed by atoms with Gasteiger partial charge in [0.25, 0.3) is 0 Å². The number of allylic oxidation sites excluding steroid dienone is 1. The average molecular weight is 447 g/mol. The number of hydrogen-bond donors (Lipinski definition) is 1. The summed E-state index contributed by atoms with van der Waals surface area (Å²) in [5.41, 5.74) is 2.23. The van der Waals surface area contributed by atoms with Gasteiger partial charge < -0.3 is 10.0 Å². The van der Waals surface area contributed by atoms with E-state index in [1.54, 1.807) is 0 Å². The smallest absolute Gasteiger partial charge is 0.344 e. The average Bonchev–Trinajstić information content (AvgIpc) is 3.16. The number of nitrogens with zero attached hydrogens (tertiary/aromatic N) is 2. The van der Waals surface area contributed by atoms with Crippen molar-refractivity contribution in [2.24, 2.45) is 10.9 Å². The monoisotopic (exact) mass is 446 g/mol. The Morgan fingerprint density at radius 3 is 2.17 bits per heavy atom. The molecule has 150 valence electrons. The van der Waals surface area contributed by atoms with Crippen LogP contribution in [-0.2, 0) is 10.3 Å². The lowest BCUT2D eigenvalue weighted by Gasteiger charge is -2.37. The first-order chi connectivity index (χ1) is 13.7. The zero-order valence-corrected chi connectivity index (χ0v) is 18.5. The third kappa shape index (κ3) is 3.35. The first kappa shape index (κ1) is 20.3. The van der Waals surface area contributed by atoms with Crippen molar-refractivity contribution in [2.45, 2.75) is 32.4 Å². The summed E-state index contributed by atoms with van der Waals surface area (Å²) in [6.07, 6.45) is 0. The van der Waals surface area contributed by atoms with Crippen LogP contribution in [0.4, 0.5) is 0 Å². The number of halogens is 2. The van der Waals surface area contributed by atoms with Gasteiger partial charge in [-0.15, -0.1) is 0 Å². The molecule has 2 heterocycles. The molecule has 0 fully saturated rings. The molecular weight excluding hydrogens is 427 g/mol. The summed E-state index contributed by atoms with van der Waals surface area (Å²) in [5, 5.41) is 11.8. The highest BCUT2D eigenvalue weighted by atomic mass is 35.5. The van der Waals surface area contributed by atoms with Gasteiger partial charge in [-0.1, -0.05) is 61.3 Å². The van der Waals surface area contributed by atoms with Crippen molar-refractivity contribution in [1.82, 2.24) is 4.90 Å². The Labute approximate surface area is 184 Å². The predicted molar refractivity (Wildman–Crippen MR) is 119 cm³/mol.